The number of unbranched alkanes of at least 4 members (excludes halogenated alkanes) is 11. The minimum Gasteiger partial charge on any atom is -0.493 e. The maximum Gasteiger partial charge on any atom is 0.211 e. The van der Waals surface area contributed by atoms with Gasteiger partial charge in [0.25, 0.3) is 0 Å². The number of hydrogen-bond acceptors (Lipinski definition) is 4. The third-order valence-corrected chi connectivity index (χ3v) is 8.18. The highest BCUT2D eigenvalue weighted by Crippen LogP contribution is 2.33. The van der Waals surface area contributed by atoms with Gasteiger partial charge in [-0.2, -0.15) is 4.31 Å². The zero-order valence-corrected chi connectivity index (χ0v) is 25.1. The van der Waals surface area contributed by atoms with E-state index < -0.39 is 10.0 Å². The summed E-state index contributed by atoms with van der Waals surface area (Å²) in [6.45, 7) is 6.29. The molecule has 1 aromatic carbocycles. The lowest BCUT2D eigenvalue weighted by Gasteiger charge is -2.22. The van der Waals surface area contributed by atoms with E-state index in [0.717, 1.165) is 30.5 Å². The van der Waals surface area contributed by atoms with Crippen molar-refractivity contribution in [1.82, 2.24) is 4.31 Å². The summed E-state index contributed by atoms with van der Waals surface area (Å²) in [5.41, 5.74) is 1.76. The number of nitrogens with zero attached hydrogens (tertiary/aromatic N) is 2. The number of rotatable bonds is 21. The van der Waals surface area contributed by atoms with Crippen LogP contribution in [0.15, 0.2) is 42.7 Å². The minimum atomic E-state index is -3.44. The zero-order chi connectivity index (χ0) is 27.6. The second-order valence-corrected chi connectivity index (χ2v) is 12.2. The Hall–Kier alpha value is -2.12. The second kappa shape index (κ2) is 18.2. The maximum atomic E-state index is 12.7. The van der Waals surface area contributed by atoms with Crippen molar-refractivity contribution >= 4 is 10.0 Å². The second-order valence-electron chi connectivity index (χ2n) is 10.3. The summed E-state index contributed by atoms with van der Waals surface area (Å²) in [5.74, 6) is 1.28. The predicted octanol–water partition coefficient (Wildman–Crippen LogP) is 7.04. The van der Waals surface area contributed by atoms with Crippen LogP contribution in [0, 0.1) is 0 Å². The van der Waals surface area contributed by atoms with Crippen LogP contribution < -0.4 is 14.0 Å². The lowest BCUT2D eigenvalue weighted by Crippen LogP contribution is -2.34. The smallest absolute Gasteiger partial charge is 0.211 e. The molecule has 0 N–H and O–H groups in total. The molecule has 0 bridgehead atoms. The van der Waals surface area contributed by atoms with E-state index in [0.29, 0.717) is 24.7 Å². The van der Waals surface area contributed by atoms with Crippen LogP contribution in [0.4, 0.5) is 0 Å². The van der Waals surface area contributed by atoms with Crippen molar-refractivity contribution in [3.05, 3.63) is 53.9 Å². The van der Waals surface area contributed by atoms with Crippen molar-refractivity contribution in [2.45, 2.75) is 111 Å². The van der Waals surface area contributed by atoms with E-state index in [4.69, 9.17) is 9.47 Å². The van der Waals surface area contributed by atoms with E-state index in [1.54, 1.807) is 7.11 Å². The Morgan fingerprint density at radius 2 is 1.45 bits per heavy atom. The average molecular weight is 548 g/mol. The zero-order valence-electron chi connectivity index (χ0n) is 24.3. The fourth-order valence-corrected chi connectivity index (χ4v) is 5.44. The summed E-state index contributed by atoms with van der Waals surface area (Å²) < 4.78 is 40.7. The van der Waals surface area contributed by atoms with Crippen molar-refractivity contribution < 1.29 is 22.5 Å². The summed E-state index contributed by atoms with van der Waals surface area (Å²) in [7, 11) is -1.82. The van der Waals surface area contributed by atoms with E-state index >= 15 is 0 Å². The molecule has 1 heterocycles. The number of aromatic nitrogens is 1. The van der Waals surface area contributed by atoms with Gasteiger partial charge in [0.1, 0.15) is 6.54 Å². The van der Waals surface area contributed by atoms with Gasteiger partial charge in [-0.05, 0) is 25.5 Å². The summed E-state index contributed by atoms with van der Waals surface area (Å²) in [5, 5.41) is 0. The third kappa shape index (κ3) is 12.2. The van der Waals surface area contributed by atoms with Crippen molar-refractivity contribution in [3.63, 3.8) is 0 Å². The number of hydrogen-bond donors (Lipinski definition) is 0. The van der Waals surface area contributed by atoms with Crippen molar-refractivity contribution in [3.8, 4) is 11.5 Å². The number of para-hydroxylation sites is 1. The molecular formula is C31H51N2O4S+. The van der Waals surface area contributed by atoms with Gasteiger partial charge in [0.2, 0.25) is 10.0 Å². The number of ether oxygens (including phenoxy) is 2. The molecule has 0 amide bonds. The molecule has 1 aromatic heterocycles. The molecule has 0 aliphatic rings. The van der Waals surface area contributed by atoms with Gasteiger partial charge in [-0.25, -0.2) is 13.0 Å². The molecule has 2 aromatic rings. The first kappa shape index (κ1) is 32.1. The Morgan fingerprint density at radius 3 is 2.03 bits per heavy atom. The summed E-state index contributed by atoms with van der Waals surface area (Å²) in [6.07, 6.45) is 20.8. The fraction of sp³-hybridized carbons (Fsp3) is 0.645. The standard InChI is InChI=1S/C31H51N2O4S/c1-5-7-8-9-10-11-12-13-14-15-16-17-24-37-31-29(21-18-22-30(31)36-3)27-33(38(4,34)35)26-28-20-19-23-32(6-2)25-28/h18-23,25H,5-17,24,26-27H2,1-4H3/q+1. The first-order valence-corrected chi connectivity index (χ1v) is 16.5. The molecule has 2 rings (SSSR count). The molecule has 0 saturated carbocycles. The number of benzene rings is 1. The van der Waals surface area contributed by atoms with Crippen LogP contribution in [0.5, 0.6) is 11.5 Å². The van der Waals surface area contributed by atoms with Crippen molar-refractivity contribution in [2.75, 3.05) is 20.0 Å². The van der Waals surface area contributed by atoms with Crippen LogP contribution in [0.1, 0.15) is 102 Å². The normalized spacial score (nSPS) is 11.7. The van der Waals surface area contributed by atoms with E-state index in [2.05, 4.69) is 13.8 Å². The van der Waals surface area contributed by atoms with Gasteiger partial charge >= 0.3 is 0 Å². The third-order valence-electron chi connectivity index (χ3n) is 6.98. The van der Waals surface area contributed by atoms with Crippen molar-refractivity contribution in [2.24, 2.45) is 0 Å². The highest BCUT2D eigenvalue weighted by Gasteiger charge is 2.22. The number of aryl methyl sites for hydroxylation is 1. The van der Waals surface area contributed by atoms with E-state index in [9.17, 15) is 8.42 Å². The largest absolute Gasteiger partial charge is 0.493 e. The first-order valence-electron chi connectivity index (χ1n) is 14.6. The highest BCUT2D eigenvalue weighted by atomic mass is 32.2. The van der Waals surface area contributed by atoms with Crippen LogP contribution in [0.25, 0.3) is 0 Å². The van der Waals surface area contributed by atoms with Gasteiger partial charge < -0.3 is 9.47 Å². The monoisotopic (exact) mass is 547 g/mol. The molecule has 0 aliphatic carbocycles. The Morgan fingerprint density at radius 1 is 0.816 bits per heavy atom. The van der Waals surface area contributed by atoms with Crippen LogP contribution in [0.2, 0.25) is 0 Å². The fourth-order valence-electron chi connectivity index (χ4n) is 4.68. The minimum absolute atomic E-state index is 0.227. The van der Waals surface area contributed by atoms with E-state index in [1.165, 1.54) is 74.8 Å². The Kier molecular flexibility index (Phi) is 15.4. The van der Waals surface area contributed by atoms with Gasteiger partial charge in [-0.1, -0.05) is 89.7 Å². The first-order chi connectivity index (χ1) is 18.4. The summed E-state index contributed by atoms with van der Waals surface area (Å²) in [4.78, 5) is 0. The lowest BCUT2D eigenvalue weighted by molar-refractivity contribution is -0.694. The molecule has 0 aliphatic heterocycles. The van der Waals surface area contributed by atoms with E-state index in [1.807, 2.05) is 47.3 Å². The highest BCUT2D eigenvalue weighted by molar-refractivity contribution is 7.88. The molecule has 6 nitrogen and oxygen atoms in total. The Balaban J connectivity index is 1.86. The van der Waals surface area contributed by atoms with Gasteiger partial charge in [0.05, 0.1) is 20.0 Å². The molecule has 0 atom stereocenters. The average Bonchev–Trinajstić information content (AvgIpc) is 2.91. The Bertz CT molecular complexity index is 1030. The van der Waals surface area contributed by atoms with Gasteiger partial charge in [0.15, 0.2) is 23.9 Å². The van der Waals surface area contributed by atoms with Crippen LogP contribution in [-0.2, 0) is 29.7 Å². The molecule has 0 unspecified atom stereocenters. The van der Waals surface area contributed by atoms with Crippen LogP contribution in [0.3, 0.4) is 0 Å². The molecule has 214 valence electrons. The molecular weight excluding hydrogens is 496 g/mol. The molecule has 0 radical (unpaired) electrons. The lowest BCUT2D eigenvalue weighted by atomic mass is 10.1. The van der Waals surface area contributed by atoms with Crippen molar-refractivity contribution in [1.29, 1.82) is 0 Å². The predicted molar refractivity (Wildman–Crippen MR) is 156 cm³/mol. The Labute approximate surface area is 232 Å². The quantitative estimate of drug-likeness (QED) is 0.124. The van der Waals surface area contributed by atoms with Gasteiger partial charge in [0, 0.05) is 30.3 Å². The summed E-state index contributed by atoms with van der Waals surface area (Å²) in [6, 6.07) is 9.59. The van der Waals surface area contributed by atoms with Gasteiger partial charge in [-0.15, -0.1) is 0 Å². The van der Waals surface area contributed by atoms with E-state index in [-0.39, 0.29) is 6.54 Å². The maximum absolute atomic E-state index is 12.7. The van der Waals surface area contributed by atoms with Crippen LogP contribution in [-0.4, -0.2) is 32.7 Å². The topological polar surface area (TPSA) is 59.7 Å². The number of pyridine rings is 1. The van der Waals surface area contributed by atoms with Gasteiger partial charge in [-0.3, -0.25) is 0 Å². The molecule has 0 fully saturated rings. The molecule has 0 saturated heterocycles. The SMILES string of the molecule is CCCCCCCCCCCCCCOc1c(CN(Cc2ccc[n+](CC)c2)S(C)(=O)=O)cccc1OC. The molecule has 38 heavy (non-hydrogen) atoms. The number of methoxy groups -OCH3 is 1. The molecule has 7 heteroatoms. The number of sulfonamides is 1. The van der Waals surface area contributed by atoms with Crippen LogP contribution >= 0.6 is 0 Å². The molecule has 0 spiro atoms. The summed E-state index contributed by atoms with van der Waals surface area (Å²) >= 11 is 0.